The van der Waals surface area contributed by atoms with Gasteiger partial charge < -0.3 is 14.8 Å². The number of carbonyl (C=O) groups excluding carboxylic acids is 2. The van der Waals surface area contributed by atoms with E-state index in [2.05, 4.69) is 10.1 Å². The predicted octanol–water partition coefficient (Wildman–Crippen LogP) is 3.06. The first-order valence-corrected chi connectivity index (χ1v) is 7.30. The molecule has 0 aliphatic carbocycles. The molecule has 0 saturated heterocycles. The lowest BCUT2D eigenvalue weighted by atomic mass is 10.1. The van der Waals surface area contributed by atoms with Gasteiger partial charge in [0.2, 0.25) is 0 Å². The highest BCUT2D eigenvalue weighted by Crippen LogP contribution is 2.04. The lowest BCUT2D eigenvalue weighted by Gasteiger charge is -2.14. The van der Waals surface area contributed by atoms with Crippen LogP contribution in [0.2, 0.25) is 0 Å². The van der Waals surface area contributed by atoms with Crippen molar-refractivity contribution in [3.05, 3.63) is 48.0 Å². The summed E-state index contributed by atoms with van der Waals surface area (Å²) in [7, 11) is 1.35. The molecule has 1 aromatic carbocycles. The van der Waals surface area contributed by atoms with E-state index in [0.29, 0.717) is 6.42 Å². The highest BCUT2D eigenvalue weighted by molar-refractivity contribution is 5.73. The number of rotatable bonds is 7. The molecule has 1 amide bonds. The topological polar surface area (TPSA) is 64.6 Å². The van der Waals surface area contributed by atoms with E-state index < -0.39 is 6.09 Å². The largest absolute Gasteiger partial charge is 0.469 e. The highest BCUT2D eigenvalue weighted by Gasteiger charge is 2.12. The van der Waals surface area contributed by atoms with Crippen molar-refractivity contribution in [3.63, 3.8) is 0 Å². The zero-order valence-corrected chi connectivity index (χ0v) is 13.2. The number of esters is 1. The maximum Gasteiger partial charge on any atom is 0.407 e. The third kappa shape index (κ3) is 6.43. The molecule has 120 valence electrons. The van der Waals surface area contributed by atoms with Gasteiger partial charge in [0, 0.05) is 0 Å². The third-order valence-corrected chi connectivity index (χ3v) is 3.16. The summed E-state index contributed by atoms with van der Waals surface area (Å²) in [5.74, 6) is -0.654. The van der Waals surface area contributed by atoms with Gasteiger partial charge in [-0.3, -0.25) is 4.79 Å². The second-order valence-electron chi connectivity index (χ2n) is 4.92. The molecule has 5 nitrogen and oxygen atoms in total. The van der Waals surface area contributed by atoms with E-state index in [-0.39, 0.29) is 24.5 Å². The SMILES string of the molecule is CC[C@H](/C=C/[C@H](C)C(=O)OC)NC(=O)OCc1ccccc1. The summed E-state index contributed by atoms with van der Waals surface area (Å²) >= 11 is 0. The highest BCUT2D eigenvalue weighted by atomic mass is 16.5. The summed E-state index contributed by atoms with van der Waals surface area (Å²) in [5, 5.41) is 2.75. The Labute approximate surface area is 131 Å². The average Bonchev–Trinajstić information content (AvgIpc) is 2.56. The molecule has 0 aromatic heterocycles. The van der Waals surface area contributed by atoms with Gasteiger partial charge in [0.1, 0.15) is 6.61 Å². The van der Waals surface area contributed by atoms with Gasteiger partial charge in [0.05, 0.1) is 19.1 Å². The molecule has 22 heavy (non-hydrogen) atoms. The fourth-order valence-electron chi connectivity index (χ4n) is 1.77. The number of hydrogen-bond donors (Lipinski definition) is 1. The van der Waals surface area contributed by atoms with Crippen molar-refractivity contribution >= 4 is 12.1 Å². The lowest BCUT2D eigenvalue weighted by Crippen LogP contribution is -2.33. The molecule has 5 heteroatoms. The summed E-state index contributed by atoms with van der Waals surface area (Å²) < 4.78 is 9.80. The van der Waals surface area contributed by atoms with Crippen molar-refractivity contribution in [2.45, 2.75) is 32.9 Å². The molecule has 1 aromatic rings. The fourth-order valence-corrected chi connectivity index (χ4v) is 1.77. The van der Waals surface area contributed by atoms with Crippen molar-refractivity contribution in [2.24, 2.45) is 5.92 Å². The van der Waals surface area contributed by atoms with Crippen molar-refractivity contribution in [3.8, 4) is 0 Å². The Morgan fingerprint density at radius 1 is 1.23 bits per heavy atom. The van der Waals surface area contributed by atoms with Gasteiger partial charge in [-0.25, -0.2) is 4.79 Å². The summed E-state index contributed by atoms with van der Waals surface area (Å²) in [4.78, 5) is 23.1. The first-order chi connectivity index (χ1) is 10.6. The van der Waals surface area contributed by atoms with E-state index in [1.165, 1.54) is 7.11 Å². The minimum atomic E-state index is -0.480. The van der Waals surface area contributed by atoms with Gasteiger partial charge in [-0.05, 0) is 18.9 Å². The zero-order chi connectivity index (χ0) is 16.4. The summed E-state index contributed by atoms with van der Waals surface area (Å²) in [5.41, 5.74) is 0.931. The second-order valence-corrected chi connectivity index (χ2v) is 4.92. The Balaban J connectivity index is 2.43. The van der Waals surface area contributed by atoms with E-state index in [0.717, 1.165) is 5.56 Å². The summed E-state index contributed by atoms with van der Waals surface area (Å²) in [6.07, 6.45) is 3.72. The normalized spacial score (nSPS) is 13.4. The molecule has 0 spiro atoms. The van der Waals surface area contributed by atoms with Crippen molar-refractivity contribution < 1.29 is 19.1 Å². The van der Waals surface area contributed by atoms with Gasteiger partial charge in [0.25, 0.3) is 0 Å². The molecule has 0 fully saturated rings. The summed E-state index contributed by atoms with van der Waals surface area (Å²) in [6.45, 7) is 3.91. The first-order valence-electron chi connectivity index (χ1n) is 7.30. The molecule has 0 aliphatic heterocycles. The Morgan fingerprint density at radius 2 is 1.91 bits per heavy atom. The molecule has 0 radical (unpaired) electrons. The molecular weight excluding hydrogens is 282 g/mol. The monoisotopic (exact) mass is 305 g/mol. The molecular formula is C17H23NO4. The van der Waals surface area contributed by atoms with Gasteiger partial charge in [-0.1, -0.05) is 49.4 Å². The first kappa shape index (κ1) is 17.8. The molecule has 0 unspecified atom stereocenters. The molecule has 0 aliphatic rings. The molecule has 1 rings (SSSR count). The average molecular weight is 305 g/mol. The van der Waals surface area contributed by atoms with Crippen LogP contribution in [0.4, 0.5) is 4.79 Å². The van der Waals surface area contributed by atoms with Crippen LogP contribution in [-0.2, 0) is 20.9 Å². The van der Waals surface area contributed by atoms with E-state index in [1.54, 1.807) is 19.1 Å². The number of amides is 1. The van der Waals surface area contributed by atoms with Crippen LogP contribution in [0.25, 0.3) is 0 Å². The van der Waals surface area contributed by atoms with Crippen LogP contribution in [0.15, 0.2) is 42.5 Å². The Hall–Kier alpha value is -2.30. The van der Waals surface area contributed by atoms with Crippen molar-refractivity contribution in [1.82, 2.24) is 5.32 Å². The smallest absolute Gasteiger partial charge is 0.407 e. The van der Waals surface area contributed by atoms with Crippen LogP contribution >= 0.6 is 0 Å². The van der Waals surface area contributed by atoms with Crippen LogP contribution in [0.5, 0.6) is 0 Å². The predicted molar refractivity (Wildman–Crippen MR) is 84.2 cm³/mol. The Morgan fingerprint density at radius 3 is 2.50 bits per heavy atom. The number of carbonyl (C=O) groups is 2. The lowest BCUT2D eigenvalue weighted by molar-refractivity contribution is -0.143. The fraction of sp³-hybridized carbons (Fsp3) is 0.412. The third-order valence-electron chi connectivity index (χ3n) is 3.16. The number of methoxy groups -OCH3 is 1. The van der Waals surface area contributed by atoms with E-state index in [4.69, 9.17) is 4.74 Å². The van der Waals surface area contributed by atoms with Gasteiger partial charge in [-0.2, -0.15) is 0 Å². The minimum absolute atomic E-state index is 0.185. The van der Waals surface area contributed by atoms with Gasteiger partial charge in [0.15, 0.2) is 0 Å². The van der Waals surface area contributed by atoms with E-state index in [1.807, 2.05) is 37.3 Å². The molecule has 0 bridgehead atoms. The zero-order valence-electron chi connectivity index (χ0n) is 13.2. The number of hydrogen-bond acceptors (Lipinski definition) is 4. The molecule has 0 heterocycles. The van der Waals surface area contributed by atoms with Crippen LogP contribution in [-0.4, -0.2) is 25.2 Å². The van der Waals surface area contributed by atoms with Crippen LogP contribution in [0.3, 0.4) is 0 Å². The Kier molecular flexibility index (Phi) is 7.75. The maximum atomic E-state index is 11.8. The standard InChI is InChI=1S/C17H23NO4/c1-4-15(11-10-13(2)16(19)21-3)18-17(20)22-12-14-8-6-5-7-9-14/h5-11,13,15H,4,12H2,1-3H3,(H,18,20)/b11-10+/t13-,15+/m0/s1. The van der Waals surface area contributed by atoms with Crippen LogP contribution < -0.4 is 5.32 Å². The summed E-state index contributed by atoms with van der Waals surface area (Å²) in [6, 6.07) is 9.29. The minimum Gasteiger partial charge on any atom is -0.469 e. The van der Waals surface area contributed by atoms with Gasteiger partial charge in [-0.15, -0.1) is 0 Å². The van der Waals surface area contributed by atoms with Crippen LogP contribution in [0.1, 0.15) is 25.8 Å². The van der Waals surface area contributed by atoms with Crippen molar-refractivity contribution in [1.29, 1.82) is 0 Å². The van der Waals surface area contributed by atoms with Gasteiger partial charge >= 0.3 is 12.1 Å². The number of nitrogens with one attached hydrogen (secondary N) is 1. The molecule has 1 N–H and O–H groups in total. The second kappa shape index (κ2) is 9.60. The van der Waals surface area contributed by atoms with E-state index >= 15 is 0 Å². The number of alkyl carbamates (subject to hydrolysis) is 1. The van der Waals surface area contributed by atoms with Crippen molar-refractivity contribution in [2.75, 3.05) is 7.11 Å². The number of ether oxygens (including phenoxy) is 2. The van der Waals surface area contributed by atoms with Crippen LogP contribution in [0, 0.1) is 5.92 Å². The number of benzene rings is 1. The molecule has 2 atom stereocenters. The Bertz CT molecular complexity index is 499. The molecule has 0 saturated carbocycles. The quantitative estimate of drug-likeness (QED) is 0.621. The maximum absolute atomic E-state index is 11.8. The van der Waals surface area contributed by atoms with E-state index in [9.17, 15) is 9.59 Å².